The Labute approximate surface area is 95.4 Å². The fourth-order valence-corrected chi connectivity index (χ4v) is 0.873. The van der Waals surface area contributed by atoms with E-state index in [9.17, 15) is 9.90 Å². The summed E-state index contributed by atoms with van der Waals surface area (Å²) < 4.78 is 0. The first-order chi connectivity index (χ1) is 4.77. The van der Waals surface area contributed by atoms with Gasteiger partial charge < -0.3 is 9.90 Å². The SMILES string of the molecule is CCCCCCCC(=O)[O-].F.[Na+]. The van der Waals surface area contributed by atoms with Gasteiger partial charge in [-0.05, 0) is 12.8 Å². The molecule has 0 radical (unpaired) electrons. The van der Waals surface area contributed by atoms with Crippen molar-refractivity contribution >= 4 is 5.97 Å². The Hall–Kier alpha value is 0.400. The van der Waals surface area contributed by atoms with E-state index < -0.39 is 5.97 Å². The summed E-state index contributed by atoms with van der Waals surface area (Å²) in [6.45, 7) is 2.14. The van der Waals surface area contributed by atoms with Crippen LogP contribution in [0.2, 0.25) is 0 Å². The molecule has 0 aromatic rings. The Morgan fingerprint density at radius 3 is 2.08 bits per heavy atom. The van der Waals surface area contributed by atoms with E-state index >= 15 is 0 Å². The maximum absolute atomic E-state index is 9.92. The molecule has 0 aliphatic rings. The van der Waals surface area contributed by atoms with Gasteiger partial charge in [0.25, 0.3) is 0 Å². The van der Waals surface area contributed by atoms with E-state index in [2.05, 4.69) is 6.92 Å². The molecule has 0 spiro atoms. The second-order valence-corrected chi connectivity index (χ2v) is 2.54. The molecule has 2 nitrogen and oxygen atoms in total. The van der Waals surface area contributed by atoms with Crippen molar-refractivity contribution in [2.75, 3.05) is 0 Å². The summed E-state index contributed by atoms with van der Waals surface area (Å²) >= 11 is 0. The van der Waals surface area contributed by atoms with Gasteiger partial charge in [-0.1, -0.05) is 32.6 Å². The Kier molecular flexibility index (Phi) is 21.2. The standard InChI is InChI=1S/C8H16O2.FH.Na/c1-2-3-4-5-6-7-8(9)10;;/h2-7H2,1H3,(H,9,10);1H;/q;;+1/p-1. The third-order valence-corrected chi connectivity index (χ3v) is 1.48. The van der Waals surface area contributed by atoms with Gasteiger partial charge in [0.15, 0.2) is 0 Å². The summed E-state index contributed by atoms with van der Waals surface area (Å²) in [6.07, 6.45) is 5.61. The van der Waals surface area contributed by atoms with Crippen molar-refractivity contribution in [1.29, 1.82) is 0 Å². The molecule has 0 unspecified atom stereocenters. The molecule has 0 saturated carbocycles. The second kappa shape index (κ2) is 14.0. The minimum atomic E-state index is -0.920. The number of halogens is 1. The van der Waals surface area contributed by atoms with Gasteiger partial charge in [-0.15, -0.1) is 0 Å². The Morgan fingerprint density at radius 1 is 1.17 bits per heavy atom. The predicted molar refractivity (Wildman–Crippen MR) is 40.9 cm³/mol. The van der Waals surface area contributed by atoms with Gasteiger partial charge >= 0.3 is 29.6 Å². The molecule has 0 fully saturated rings. The van der Waals surface area contributed by atoms with Crippen molar-refractivity contribution in [3.8, 4) is 0 Å². The van der Waals surface area contributed by atoms with E-state index in [1.165, 1.54) is 12.8 Å². The summed E-state index contributed by atoms with van der Waals surface area (Å²) in [6, 6.07) is 0. The van der Waals surface area contributed by atoms with Crippen molar-refractivity contribution in [2.24, 2.45) is 0 Å². The van der Waals surface area contributed by atoms with E-state index in [0.717, 1.165) is 19.3 Å². The summed E-state index contributed by atoms with van der Waals surface area (Å²) in [5.74, 6) is -0.920. The average molecular weight is 186 g/mol. The maximum atomic E-state index is 9.92. The van der Waals surface area contributed by atoms with Crippen LogP contribution >= 0.6 is 0 Å². The zero-order valence-corrected chi connectivity index (χ0v) is 9.97. The van der Waals surface area contributed by atoms with Crippen molar-refractivity contribution in [3.05, 3.63) is 0 Å². The van der Waals surface area contributed by atoms with Crippen LogP contribution in [-0.2, 0) is 4.79 Å². The molecular formula is C8H16FNaO2. The molecule has 0 aliphatic carbocycles. The molecule has 0 aromatic carbocycles. The third kappa shape index (κ3) is 16.8. The zero-order valence-electron chi connectivity index (χ0n) is 7.97. The normalized spacial score (nSPS) is 8.08. The first-order valence-corrected chi connectivity index (χ1v) is 3.97. The monoisotopic (exact) mass is 186 g/mol. The maximum Gasteiger partial charge on any atom is 1.00 e. The van der Waals surface area contributed by atoms with E-state index in [1.54, 1.807) is 0 Å². The van der Waals surface area contributed by atoms with E-state index in [4.69, 9.17) is 0 Å². The first kappa shape index (κ1) is 18.2. The largest absolute Gasteiger partial charge is 1.00 e. The van der Waals surface area contributed by atoms with Crippen LogP contribution in [0.15, 0.2) is 0 Å². The van der Waals surface area contributed by atoms with Crippen molar-refractivity contribution in [1.82, 2.24) is 0 Å². The smallest absolute Gasteiger partial charge is 0.550 e. The van der Waals surface area contributed by atoms with Crippen LogP contribution < -0.4 is 34.7 Å². The van der Waals surface area contributed by atoms with Crippen LogP contribution in [0.3, 0.4) is 0 Å². The predicted octanol–water partition coefficient (Wildman–Crippen LogP) is -1.75. The molecule has 0 aliphatic heterocycles. The van der Waals surface area contributed by atoms with Crippen molar-refractivity contribution in [3.63, 3.8) is 0 Å². The topological polar surface area (TPSA) is 40.1 Å². The molecular weight excluding hydrogens is 170 g/mol. The van der Waals surface area contributed by atoms with E-state index in [-0.39, 0.29) is 40.7 Å². The number of hydrogen-bond acceptors (Lipinski definition) is 2. The van der Waals surface area contributed by atoms with E-state index in [0.29, 0.717) is 0 Å². The molecule has 0 saturated heterocycles. The number of rotatable bonds is 6. The summed E-state index contributed by atoms with van der Waals surface area (Å²) in [5.41, 5.74) is 0. The molecule has 0 bridgehead atoms. The number of aliphatic carboxylic acids is 1. The van der Waals surface area contributed by atoms with Crippen molar-refractivity contribution in [2.45, 2.75) is 45.4 Å². The van der Waals surface area contributed by atoms with Crippen LogP contribution in [0.1, 0.15) is 45.4 Å². The first-order valence-electron chi connectivity index (χ1n) is 3.97. The summed E-state index contributed by atoms with van der Waals surface area (Å²) in [5, 5.41) is 9.92. The Balaban J connectivity index is -0.000000405. The molecule has 0 atom stereocenters. The molecule has 0 aromatic heterocycles. The fraction of sp³-hybridized carbons (Fsp3) is 0.875. The molecule has 0 amide bonds. The molecule has 0 N–H and O–H groups in total. The van der Waals surface area contributed by atoms with Crippen LogP contribution in [0, 0.1) is 0 Å². The number of hydrogen-bond donors (Lipinski definition) is 0. The summed E-state index contributed by atoms with van der Waals surface area (Å²) in [4.78, 5) is 9.92. The Bertz CT molecular complexity index is 99.1. The molecule has 0 heterocycles. The van der Waals surface area contributed by atoms with Gasteiger partial charge in [0, 0.05) is 5.97 Å². The number of carbonyl (C=O) groups is 1. The number of carboxylic acids is 1. The van der Waals surface area contributed by atoms with E-state index in [1.807, 2.05) is 0 Å². The zero-order chi connectivity index (χ0) is 7.82. The quantitative estimate of drug-likeness (QED) is 0.365. The van der Waals surface area contributed by atoms with Gasteiger partial charge in [0.2, 0.25) is 0 Å². The minimum absolute atomic E-state index is 0. The van der Waals surface area contributed by atoms with Crippen LogP contribution in [-0.4, -0.2) is 5.97 Å². The Morgan fingerprint density at radius 2 is 1.67 bits per heavy atom. The summed E-state index contributed by atoms with van der Waals surface area (Å²) in [7, 11) is 0. The number of carboxylic acid groups (broad SMARTS) is 1. The van der Waals surface area contributed by atoms with Crippen LogP contribution in [0.25, 0.3) is 0 Å². The third-order valence-electron chi connectivity index (χ3n) is 1.48. The fourth-order valence-electron chi connectivity index (χ4n) is 0.873. The molecule has 4 heteroatoms. The van der Waals surface area contributed by atoms with Gasteiger partial charge in [0.1, 0.15) is 0 Å². The van der Waals surface area contributed by atoms with Crippen molar-refractivity contribution < 1.29 is 44.2 Å². The minimum Gasteiger partial charge on any atom is -0.550 e. The second-order valence-electron chi connectivity index (χ2n) is 2.54. The van der Waals surface area contributed by atoms with Gasteiger partial charge in [-0.3, -0.25) is 4.70 Å². The molecule has 68 valence electrons. The van der Waals surface area contributed by atoms with Gasteiger partial charge in [0.05, 0.1) is 0 Å². The number of unbranched alkanes of at least 4 members (excludes halogenated alkanes) is 4. The van der Waals surface area contributed by atoms with Crippen LogP contribution in [0.5, 0.6) is 0 Å². The van der Waals surface area contributed by atoms with Gasteiger partial charge in [-0.2, -0.15) is 0 Å². The average Bonchev–Trinajstić information content (AvgIpc) is 1.87. The molecule has 0 rings (SSSR count). The molecule has 12 heavy (non-hydrogen) atoms. The van der Waals surface area contributed by atoms with Crippen LogP contribution in [0.4, 0.5) is 4.70 Å². The number of carbonyl (C=O) groups excluding carboxylic acids is 1. The van der Waals surface area contributed by atoms with Gasteiger partial charge in [-0.25, -0.2) is 0 Å².